The molecule has 0 bridgehead atoms. The van der Waals surface area contributed by atoms with Gasteiger partial charge in [-0.3, -0.25) is 0 Å². The largest absolute Gasteiger partial charge is 0.479 e. The topological polar surface area (TPSA) is 70.3 Å². The van der Waals surface area contributed by atoms with E-state index in [2.05, 4.69) is 6.07 Å². The molecule has 4 nitrogen and oxygen atoms in total. The summed E-state index contributed by atoms with van der Waals surface area (Å²) in [5.74, 6) is -0.938. The van der Waals surface area contributed by atoms with Gasteiger partial charge in [-0.1, -0.05) is 0 Å². The highest BCUT2D eigenvalue weighted by molar-refractivity contribution is 5.71. The summed E-state index contributed by atoms with van der Waals surface area (Å²) in [6, 6.07) is 2.22. The quantitative estimate of drug-likeness (QED) is 0.658. The molecule has 0 aromatic heterocycles. The Morgan fingerprint density at radius 3 is 2.60 bits per heavy atom. The number of carboxylic acids is 1. The fourth-order valence-electron chi connectivity index (χ4n) is 1.06. The van der Waals surface area contributed by atoms with Gasteiger partial charge in [-0.25, -0.2) is 4.79 Å². The first-order valence-corrected chi connectivity index (χ1v) is 5.15. The predicted molar refractivity (Wildman–Crippen MR) is 56.3 cm³/mol. The van der Waals surface area contributed by atoms with E-state index in [1.165, 1.54) is 6.92 Å². The Hall–Kier alpha value is -1.08. The number of nitrogens with zero attached hydrogens (tertiary/aromatic N) is 1. The van der Waals surface area contributed by atoms with E-state index >= 15 is 0 Å². The van der Waals surface area contributed by atoms with E-state index in [4.69, 9.17) is 15.1 Å². The highest BCUT2D eigenvalue weighted by atomic mass is 16.5. The molecule has 15 heavy (non-hydrogen) atoms. The van der Waals surface area contributed by atoms with Crippen LogP contribution in [0.25, 0.3) is 0 Å². The second-order valence-corrected chi connectivity index (χ2v) is 4.30. The van der Waals surface area contributed by atoms with E-state index in [0.29, 0.717) is 6.61 Å². The van der Waals surface area contributed by atoms with Crippen molar-refractivity contribution in [1.29, 1.82) is 5.26 Å². The van der Waals surface area contributed by atoms with Crippen molar-refractivity contribution in [3.05, 3.63) is 0 Å². The van der Waals surface area contributed by atoms with Gasteiger partial charge in [-0.15, -0.1) is 0 Å². The van der Waals surface area contributed by atoms with E-state index in [1.807, 2.05) is 13.8 Å². The van der Waals surface area contributed by atoms with Gasteiger partial charge in [0.25, 0.3) is 0 Å². The van der Waals surface area contributed by atoms with Gasteiger partial charge in [0.1, 0.15) is 0 Å². The molecular weight excluding hydrogens is 194 g/mol. The molecule has 0 heterocycles. The lowest BCUT2D eigenvalue weighted by Crippen LogP contribution is -2.20. The van der Waals surface area contributed by atoms with Crippen LogP contribution >= 0.6 is 0 Å². The Kier molecular flexibility index (Phi) is 5.95. The Morgan fingerprint density at radius 2 is 2.13 bits per heavy atom. The van der Waals surface area contributed by atoms with Crippen LogP contribution in [0, 0.1) is 16.7 Å². The van der Waals surface area contributed by atoms with Gasteiger partial charge in [0.15, 0.2) is 6.10 Å². The number of nitriles is 1. The maximum atomic E-state index is 10.4. The zero-order valence-corrected chi connectivity index (χ0v) is 9.62. The minimum absolute atomic E-state index is 0.293. The van der Waals surface area contributed by atoms with Gasteiger partial charge in [-0.05, 0) is 40.0 Å². The summed E-state index contributed by atoms with van der Waals surface area (Å²) in [5.41, 5.74) is -0.293. The van der Waals surface area contributed by atoms with E-state index in [0.717, 1.165) is 19.3 Å². The molecule has 0 aromatic rings. The van der Waals surface area contributed by atoms with Crippen molar-refractivity contribution in [2.24, 2.45) is 5.41 Å². The van der Waals surface area contributed by atoms with Crippen molar-refractivity contribution in [1.82, 2.24) is 0 Å². The molecule has 1 N–H and O–H groups in total. The smallest absolute Gasteiger partial charge is 0.332 e. The summed E-state index contributed by atoms with van der Waals surface area (Å²) >= 11 is 0. The van der Waals surface area contributed by atoms with Crippen LogP contribution < -0.4 is 0 Å². The summed E-state index contributed by atoms with van der Waals surface area (Å²) in [4.78, 5) is 10.4. The summed E-state index contributed by atoms with van der Waals surface area (Å²) < 4.78 is 5.07. The van der Waals surface area contributed by atoms with Crippen LogP contribution in [0.2, 0.25) is 0 Å². The van der Waals surface area contributed by atoms with Crippen LogP contribution in [0.1, 0.15) is 40.0 Å². The number of unbranched alkanes of at least 4 members (excludes halogenated alkanes) is 1. The Bertz CT molecular complexity index is 243. The molecule has 0 aliphatic heterocycles. The molecule has 1 atom stereocenters. The third-order valence-corrected chi connectivity index (χ3v) is 2.21. The molecule has 0 saturated carbocycles. The molecule has 0 aliphatic rings. The van der Waals surface area contributed by atoms with E-state index in [1.54, 1.807) is 0 Å². The Morgan fingerprint density at radius 1 is 1.53 bits per heavy atom. The van der Waals surface area contributed by atoms with Crippen molar-refractivity contribution in [3.8, 4) is 6.07 Å². The molecule has 0 aliphatic carbocycles. The standard InChI is InChI=1S/C11H19NO3/c1-9(10(13)14)15-7-5-4-6-11(2,3)8-12/h9H,4-7H2,1-3H3,(H,13,14)/t9-/m1/s1. The lowest BCUT2D eigenvalue weighted by atomic mass is 9.89. The van der Waals surface area contributed by atoms with Crippen molar-refractivity contribution >= 4 is 5.97 Å². The third-order valence-electron chi connectivity index (χ3n) is 2.21. The second-order valence-electron chi connectivity index (χ2n) is 4.30. The minimum Gasteiger partial charge on any atom is -0.479 e. The Labute approximate surface area is 90.9 Å². The van der Waals surface area contributed by atoms with E-state index in [-0.39, 0.29) is 5.41 Å². The number of ether oxygens (including phenoxy) is 1. The molecule has 0 unspecified atom stereocenters. The maximum absolute atomic E-state index is 10.4. The van der Waals surface area contributed by atoms with Gasteiger partial charge in [0, 0.05) is 6.61 Å². The Balaban J connectivity index is 3.49. The van der Waals surface area contributed by atoms with Gasteiger partial charge < -0.3 is 9.84 Å². The fourth-order valence-corrected chi connectivity index (χ4v) is 1.06. The molecule has 0 spiro atoms. The lowest BCUT2D eigenvalue weighted by molar-refractivity contribution is -0.149. The number of carboxylic acid groups (broad SMARTS) is 1. The summed E-state index contributed by atoms with van der Waals surface area (Å²) in [6.07, 6.45) is 1.75. The normalized spacial score (nSPS) is 13.2. The molecule has 4 heteroatoms. The molecule has 0 aromatic carbocycles. The molecule has 0 radical (unpaired) electrons. The summed E-state index contributed by atoms with van der Waals surface area (Å²) in [5, 5.41) is 17.3. The molecule has 0 fully saturated rings. The summed E-state index contributed by atoms with van der Waals surface area (Å²) in [6.45, 7) is 5.75. The maximum Gasteiger partial charge on any atom is 0.332 e. The SMILES string of the molecule is C[C@@H](OCCCCC(C)(C)C#N)C(=O)O. The highest BCUT2D eigenvalue weighted by Crippen LogP contribution is 2.21. The van der Waals surface area contributed by atoms with Gasteiger partial charge in [-0.2, -0.15) is 5.26 Å². The lowest BCUT2D eigenvalue weighted by Gasteiger charge is -2.14. The first kappa shape index (κ1) is 13.9. The van der Waals surface area contributed by atoms with Crippen LogP contribution in [0.5, 0.6) is 0 Å². The monoisotopic (exact) mass is 213 g/mol. The average molecular weight is 213 g/mol. The van der Waals surface area contributed by atoms with Crippen molar-refractivity contribution in [2.45, 2.75) is 46.1 Å². The van der Waals surface area contributed by atoms with E-state index < -0.39 is 12.1 Å². The first-order valence-electron chi connectivity index (χ1n) is 5.15. The molecule has 0 amide bonds. The molecule has 86 valence electrons. The number of hydrogen-bond acceptors (Lipinski definition) is 3. The van der Waals surface area contributed by atoms with Crippen LogP contribution in [-0.4, -0.2) is 23.8 Å². The highest BCUT2D eigenvalue weighted by Gasteiger charge is 2.16. The predicted octanol–water partition coefficient (Wildman–Crippen LogP) is 2.20. The van der Waals surface area contributed by atoms with Gasteiger partial charge in [0.2, 0.25) is 0 Å². The zero-order chi connectivity index (χ0) is 11.9. The van der Waals surface area contributed by atoms with Crippen LogP contribution in [-0.2, 0) is 9.53 Å². The first-order chi connectivity index (χ1) is 6.89. The van der Waals surface area contributed by atoms with Crippen LogP contribution in [0.3, 0.4) is 0 Å². The number of aliphatic carboxylic acids is 1. The van der Waals surface area contributed by atoms with Crippen molar-refractivity contribution in [2.75, 3.05) is 6.61 Å². The van der Waals surface area contributed by atoms with E-state index in [9.17, 15) is 4.79 Å². The summed E-state index contributed by atoms with van der Waals surface area (Å²) in [7, 11) is 0. The van der Waals surface area contributed by atoms with Crippen molar-refractivity contribution in [3.63, 3.8) is 0 Å². The molecule has 0 rings (SSSR count). The second kappa shape index (κ2) is 6.41. The molecule has 0 saturated heterocycles. The van der Waals surface area contributed by atoms with Crippen molar-refractivity contribution < 1.29 is 14.6 Å². The average Bonchev–Trinajstić information content (AvgIpc) is 2.16. The number of rotatable bonds is 7. The minimum atomic E-state index is -0.938. The van der Waals surface area contributed by atoms with Crippen LogP contribution in [0.4, 0.5) is 0 Å². The van der Waals surface area contributed by atoms with Crippen LogP contribution in [0.15, 0.2) is 0 Å². The number of carbonyl (C=O) groups is 1. The zero-order valence-electron chi connectivity index (χ0n) is 9.62. The van der Waals surface area contributed by atoms with Gasteiger partial charge >= 0.3 is 5.97 Å². The number of hydrogen-bond donors (Lipinski definition) is 1. The molecular formula is C11H19NO3. The fraction of sp³-hybridized carbons (Fsp3) is 0.818. The van der Waals surface area contributed by atoms with Gasteiger partial charge in [0.05, 0.1) is 11.5 Å². The third kappa shape index (κ3) is 6.92.